The number of hydrogen-bond donors (Lipinski definition) is 2. The Morgan fingerprint density at radius 3 is 2.74 bits per heavy atom. The summed E-state index contributed by atoms with van der Waals surface area (Å²) in [5.41, 5.74) is 1.10. The lowest BCUT2D eigenvalue weighted by atomic mass is 10.2. The number of rotatable bonds is 11. The van der Waals surface area contributed by atoms with Gasteiger partial charge < -0.3 is 15.2 Å². The number of ether oxygens (including phenoxy) is 1. The minimum atomic E-state index is -4.44. The smallest absolute Gasteiger partial charge is 0.416 e. The first kappa shape index (κ1) is 26.0. The first-order valence-electron chi connectivity index (χ1n) is 10.3. The highest BCUT2D eigenvalue weighted by molar-refractivity contribution is 7.10. The zero-order chi connectivity index (χ0) is 24.7. The van der Waals surface area contributed by atoms with Gasteiger partial charge in [-0.2, -0.15) is 13.2 Å². The minimum absolute atomic E-state index is 0.132. The van der Waals surface area contributed by atoms with Crippen molar-refractivity contribution in [3.05, 3.63) is 69.5 Å². The molecule has 3 rings (SSSR count). The molecule has 0 radical (unpaired) electrons. The van der Waals surface area contributed by atoms with Crippen molar-refractivity contribution in [3.8, 4) is 11.3 Å². The van der Waals surface area contributed by atoms with Crippen LogP contribution in [0.1, 0.15) is 16.7 Å². The fourth-order valence-corrected chi connectivity index (χ4v) is 4.18. The van der Waals surface area contributed by atoms with Crippen LogP contribution in [0.5, 0.6) is 0 Å². The third-order valence-corrected chi connectivity index (χ3v) is 5.97. The number of carbonyl (C=O) groups is 1. The van der Waals surface area contributed by atoms with Crippen LogP contribution >= 0.6 is 22.9 Å². The van der Waals surface area contributed by atoms with E-state index < -0.39 is 23.8 Å². The summed E-state index contributed by atoms with van der Waals surface area (Å²) >= 11 is 7.44. The number of anilines is 1. The third kappa shape index (κ3) is 7.69. The second-order valence-corrected chi connectivity index (χ2v) is 8.86. The summed E-state index contributed by atoms with van der Waals surface area (Å²) in [5.74, 6) is -0.948. The van der Waals surface area contributed by atoms with Gasteiger partial charge in [0.15, 0.2) is 0 Å². The van der Waals surface area contributed by atoms with Gasteiger partial charge in [0.2, 0.25) is 0 Å². The van der Waals surface area contributed by atoms with Crippen molar-refractivity contribution in [2.45, 2.75) is 12.3 Å². The number of alkyl halides is 3. The molecule has 1 unspecified atom stereocenters. The molecule has 0 bridgehead atoms. The Morgan fingerprint density at radius 1 is 1.26 bits per heavy atom. The summed E-state index contributed by atoms with van der Waals surface area (Å²) < 4.78 is 45.1. The number of carboxylic acids is 1. The van der Waals surface area contributed by atoms with Crippen LogP contribution in [0, 0.1) is 0 Å². The average molecular weight is 514 g/mol. The maximum Gasteiger partial charge on any atom is 0.416 e. The van der Waals surface area contributed by atoms with Crippen LogP contribution in [0.4, 0.5) is 18.9 Å². The molecule has 34 heavy (non-hydrogen) atoms. The molecule has 1 aromatic heterocycles. The molecule has 1 heterocycles. The highest BCUT2D eigenvalue weighted by Crippen LogP contribution is 2.32. The lowest BCUT2D eigenvalue weighted by Crippen LogP contribution is -2.30. The lowest BCUT2D eigenvalue weighted by molar-refractivity contribution is -0.138. The number of carboxylic acid groups (broad SMARTS) is 1. The molecule has 182 valence electrons. The average Bonchev–Trinajstić information content (AvgIpc) is 3.25. The molecule has 2 N–H and O–H groups in total. The van der Waals surface area contributed by atoms with Crippen molar-refractivity contribution in [2.24, 2.45) is 0 Å². The molecule has 0 aliphatic rings. The van der Waals surface area contributed by atoms with Gasteiger partial charge in [0.05, 0.1) is 24.4 Å². The van der Waals surface area contributed by atoms with Gasteiger partial charge in [-0.05, 0) is 37.4 Å². The summed E-state index contributed by atoms with van der Waals surface area (Å²) in [6, 6.07) is 12.2. The van der Waals surface area contributed by atoms with Crippen LogP contribution in [0.25, 0.3) is 11.3 Å². The van der Waals surface area contributed by atoms with Gasteiger partial charge in [-0.3, -0.25) is 9.69 Å². The van der Waals surface area contributed by atoms with Crippen molar-refractivity contribution in [2.75, 3.05) is 38.6 Å². The fraction of sp³-hybridized carbons (Fsp3) is 0.304. The van der Waals surface area contributed by atoms with Crippen LogP contribution in [-0.4, -0.2) is 54.2 Å². The van der Waals surface area contributed by atoms with E-state index in [0.717, 1.165) is 17.7 Å². The number of thiazole rings is 1. The van der Waals surface area contributed by atoms with Crippen molar-refractivity contribution in [1.82, 2.24) is 9.88 Å². The normalized spacial score (nSPS) is 12.6. The van der Waals surface area contributed by atoms with Crippen LogP contribution < -0.4 is 5.32 Å². The van der Waals surface area contributed by atoms with Crippen molar-refractivity contribution in [3.63, 3.8) is 0 Å². The van der Waals surface area contributed by atoms with Gasteiger partial charge in [0.1, 0.15) is 11.1 Å². The van der Waals surface area contributed by atoms with Crippen molar-refractivity contribution < 1.29 is 27.8 Å². The van der Waals surface area contributed by atoms with Gasteiger partial charge in [-0.1, -0.05) is 29.8 Å². The number of likely N-dealkylation sites (N-methyl/N-ethyl adjacent to an activating group) is 1. The van der Waals surface area contributed by atoms with Gasteiger partial charge in [0, 0.05) is 34.7 Å². The largest absolute Gasteiger partial charge is 0.480 e. The second kappa shape index (κ2) is 11.7. The lowest BCUT2D eigenvalue weighted by Gasteiger charge is -2.20. The molecule has 0 amide bonds. The summed E-state index contributed by atoms with van der Waals surface area (Å²) in [6.07, 6.45) is -5.01. The van der Waals surface area contributed by atoms with Crippen LogP contribution in [0.2, 0.25) is 5.02 Å². The minimum Gasteiger partial charge on any atom is -0.480 e. The van der Waals surface area contributed by atoms with E-state index in [1.165, 1.54) is 17.4 Å². The third-order valence-electron chi connectivity index (χ3n) is 4.80. The van der Waals surface area contributed by atoms with E-state index in [2.05, 4.69) is 10.3 Å². The highest BCUT2D eigenvalue weighted by Gasteiger charge is 2.30. The molecule has 0 spiro atoms. The molecule has 0 aliphatic carbocycles. The predicted molar refractivity (Wildman–Crippen MR) is 126 cm³/mol. The zero-order valence-corrected chi connectivity index (χ0v) is 19.8. The Bertz CT molecular complexity index is 1110. The molecule has 3 aromatic rings. The SMILES string of the molecule is CN(CCOC(CNc1cccc(C(F)(F)F)c1)c1nc(-c2cccc(Cl)c2)cs1)CC(=O)O. The van der Waals surface area contributed by atoms with E-state index >= 15 is 0 Å². The zero-order valence-electron chi connectivity index (χ0n) is 18.2. The maximum atomic E-state index is 13.0. The number of nitrogens with zero attached hydrogens (tertiary/aromatic N) is 2. The van der Waals surface area contributed by atoms with Gasteiger partial charge >= 0.3 is 12.1 Å². The first-order chi connectivity index (χ1) is 16.1. The van der Waals surface area contributed by atoms with E-state index in [4.69, 9.17) is 21.4 Å². The molecular weight excluding hydrogens is 491 g/mol. The summed E-state index contributed by atoms with van der Waals surface area (Å²) in [4.78, 5) is 17.1. The predicted octanol–water partition coefficient (Wildman–Crippen LogP) is 5.67. The molecule has 0 aliphatic heterocycles. The maximum absolute atomic E-state index is 13.0. The highest BCUT2D eigenvalue weighted by atomic mass is 35.5. The number of aromatic nitrogens is 1. The summed E-state index contributed by atoms with van der Waals surface area (Å²) in [7, 11) is 1.66. The first-order valence-corrected chi connectivity index (χ1v) is 11.5. The van der Waals surface area contributed by atoms with E-state index in [1.807, 2.05) is 17.5 Å². The van der Waals surface area contributed by atoms with Gasteiger partial charge in [-0.25, -0.2) is 4.98 Å². The molecule has 0 fully saturated rings. The molecule has 1 atom stereocenters. The van der Waals surface area contributed by atoms with Crippen LogP contribution in [-0.2, 0) is 15.7 Å². The summed E-state index contributed by atoms with van der Waals surface area (Å²) in [6.45, 7) is 0.614. The van der Waals surface area contributed by atoms with Crippen molar-refractivity contribution in [1.29, 1.82) is 0 Å². The number of nitrogens with one attached hydrogen (secondary N) is 1. The van der Waals surface area contributed by atoms with Gasteiger partial charge in [0.25, 0.3) is 0 Å². The van der Waals surface area contributed by atoms with E-state index in [-0.39, 0.29) is 19.7 Å². The number of aliphatic carboxylic acids is 1. The van der Waals surface area contributed by atoms with Gasteiger partial charge in [-0.15, -0.1) is 11.3 Å². The Hall–Kier alpha value is -2.66. The number of hydrogen-bond acceptors (Lipinski definition) is 6. The fourth-order valence-electron chi connectivity index (χ4n) is 3.11. The Balaban J connectivity index is 1.74. The van der Waals surface area contributed by atoms with E-state index in [0.29, 0.717) is 28.0 Å². The second-order valence-electron chi connectivity index (χ2n) is 7.53. The number of halogens is 4. The standard InChI is InChI=1S/C23H23ClF3N3O3S/c1-30(13-21(31)32)8-9-33-20(12-28-18-7-3-5-16(11-18)23(25,26)27)22-29-19(14-34-22)15-4-2-6-17(24)10-15/h2-7,10-11,14,20,28H,8-9,12-13H2,1H3,(H,31,32). The van der Waals surface area contributed by atoms with Crippen LogP contribution in [0.3, 0.4) is 0 Å². The quantitative estimate of drug-likeness (QED) is 0.344. The summed E-state index contributed by atoms with van der Waals surface area (Å²) in [5, 5.41) is 15.0. The topological polar surface area (TPSA) is 74.7 Å². The molecular formula is C23H23ClF3N3O3S. The Morgan fingerprint density at radius 2 is 2.03 bits per heavy atom. The molecule has 6 nitrogen and oxygen atoms in total. The molecule has 2 aromatic carbocycles. The number of benzene rings is 2. The molecule has 0 saturated carbocycles. The molecule has 11 heteroatoms. The van der Waals surface area contributed by atoms with E-state index in [1.54, 1.807) is 30.1 Å². The Kier molecular flexibility index (Phi) is 8.90. The monoisotopic (exact) mass is 513 g/mol. The van der Waals surface area contributed by atoms with E-state index in [9.17, 15) is 18.0 Å². The Labute approximate surface area is 204 Å². The van der Waals surface area contributed by atoms with Crippen molar-refractivity contribution >= 4 is 34.6 Å². The molecule has 0 saturated heterocycles. The van der Waals surface area contributed by atoms with Crippen LogP contribution in [0.15, 0.2) is 53.9 Å².